The summed E-state index contributed by atoms with van der Waals surface area (Å²) >= 11 is 1.59. The number of anilines is 1. The van der Waals surface area contributed by atoms with Gasteiger partial charge in [0.2, 0.25) is 0 Å². The summed E-state index contributed by atoms with van der Waals surface area (Å²) in [5.74, 6) is 1.72. The number of nitrogens with one attached hydrogen (secondary N) is 1. The Balaban J connectivity index is 1.80. The minimum Gasteiger partial charge on any atom is -0.497 e. The molecule has 0 spiro atoms. The number of fused-ring (bicyclic) bond motifs is 1. The highest BCUT2D eigenvalue weighted by atomic mass is 32.1. The standard InChI is InChI=1S/C12H13N5OS/c1-17-7-14-16-11(17)6-13-12-15-9-4-3-8(18-2)5-10(9)19-12/h3-5,7H,6H2,1-2H3,(H,13,15). The van der Waals surface area contributed by atoms with E-state index in [1.807, 2.05) is 29.8 Å². The topological polar surface area (TPSA) is 64.9 Å². The van der Waals surface area contributed by atoms with E-state index in [0.717, 1.165) is 26.9 Å². The minimum atomic E-state index is 0.605. The number of nitrogens with zero attached hydrogens (tertiary/aromatic N) is 4. The van der Waals surface area contributed by atoms with Crippen LogP contribution >= 0.6 is 11.3 Å². The molecule has 3 rings (SSSR count). The third-order valence-electron chi connectivity index (χ3n) is 2.80. The molecule has 7 heteroatoms. The largest absolute Gasteiger partial charge is 0.497 e. The van der Waals surface area contributed by atoms with Crippen LogP contribution in [-0.4, -0.2) is 26.9 Å². The summed E-state index contributed by atoms with van der Waals surface area (Å²) in [7, 11) is 3.58. The third kappa shape index (κ3) is 2.37. The van der Waals surface area contributed by atoms with Crippen LogP contribution in [0, 0.1) is 0 Å². The first-order valence-corrected chi connectivity index (χ1v) is 6.59. The van der Waals surface area contributed by atoms with Crippen LogP contribution in [0.25, 0.3) is 10.2 Å². The molecule has 98 valence electrons. The molecule has 0 amide bonds. The quantitative estimate of drug-likeness (QED) is 0.789. The van der Waals surface area contributed by atoms with Gasteiger partial charge in [0.05, 0.1) is 23.9 Å². The van der Waals surface area contributed by atoms with Gasteiger partial charge in [0.1, 0.15) is 12.1 Å². The molecular weight excluding hydrogens is 262 g/mol. The van der Waals surface area contributed by atoms with Crippen molar-refractivity contribution in [3.8, 4) is 5.75 Å². The molecule has 0 aliphatic carbocycles. The van der Waals surface area contributed by atoms with Crippen LogP contribution in [0.15, 0.2) is 24.5 Å². The Bertz CT molecular complexity index is 705. The smallest absolute Gasteiger partial charge is 0.184 e. The van der Waals surface area contributed by atoms with Crippen molar-refractivity contribution in [2.45, 2.75) is 6.54 Å². The highest BCUT2D eigenvalue weighted by molar-refractivity contribution is 7.22. The molecule has 1 aromatic carbocycles. The number of aryl methyl sites for hydroxylation is 1. The van der Waals surface area contributed by atoms with Gasteiger partial charge >= 0.3 is 0 Å². The van der Waals surface area contributed by atoms with Gasteiger partial charge in [0, 0.05) is 7.05 Å². The highest BCUT2D eigenvalue weighted by Crippen LogP contribution is 2.29. The summed E-state index contributed by atoms with van der Waals surface area (Å²) in [5.41, 5.74) is 0.964. The summed E-state index contributed by atoms with van der Waals surface area (Å²) in [6.45, 7) is 0.605. The zero-order chi connectivity index (χ0) is 13.2. The highest BCUT2D eigenvalue weighted by Gasteiger charge is 2.06. The molecule has 1 N–H and O–H groups in total. The van der Waals surface area contributed by atoms with E-state index in [1.54, 1.807) is 24.8 Å². The van der Waals surface area contributed by atoms with E-state index in [0.29, 0.717) is 6.54 Å². The van der Waals surface area contributed by atoms with Gasteiger partial charge in [-0.2, -0.15) is 0 Å². The first kappa shape index (κ1) is 11.9. The van der Waals surface area contributed by atoms with Gasteiger partial charge in [0.25, 0.3) is 0 Å². The van der Waals surface area contributed by atoms with Crippen molar-refractivity contribution in [3.63, 3.8) is 0 Å². The second kappa shape index (κ2) is 4.85. The molecule has 0 aliphatic heterocycles. The second-order valence-corrected chi connectivity index (χ2v) is 5.09. The average molecular weight is 275 g/mol. The number of rotatable bonds is 4. The Hall–Kier alpha value is -2.15. The fourth-order valence-electron chi connectivity index (χ4n) is 1.73. The Morgan fingerprint density at radius 2 is 2.32 bits per heavy atom. The van der Waals surface area contributed by atoms with Gasteiger partial charge in [-0.05, 0) is 18.2 Å². The monoisotopic (exact) mass is 275 g/mol. The number of hydrogen-bond donors (Lipinski definition) is 1. The number of thiazole rings is 1. The lowest BCUT2D eigenvalue weighted by Gasteiger charge is -2.00. The molecule has 0 saturated heterocycles. The maximum atomic E-state index is 5.20. The third-order valence-corrected chi connectivity index (χ3v) is 3.77. The van der Waals surface area contributed by atoms with Crippen LogP contribution in [0.4, 0.5) is 5.13 Å². The molecule has 2 aromatic heterocycles. The average Bonchev–Trinajstić information content (AvgIpc) is 3.01. The van der Waals surface area contributed by atoms with E-state index in [4.69, 9.17) is 4.74 Å². The molecule has 2 heterocycles. The van der Waals surface area contributed by atoms with Gasteiger partial charge in [-0.3, -0.25) is 0 Å². The molecule has 19 heavy (non-hydrogen) atoms. The molecule has 0 saturated carbocycles. The lowest BCUT2D eigenvalue weighted by molar-refractivity contribution is 0.415. The molecule has 6 nitrogen and oxygen atoms in total. The number of hydrogen-bond acceptors (Lipinski definition) is 6. The molecule has 0 radical (unpaired) electrons. The van der Waals surface area contributed by atoms with Gasteiger partial charge in [-0.15, -0.1) is 10.2 Å². The maximum Gasteiger partial charge on any atom is 0.184 e. The van der Waals surface area contributed by atoms with Crippen molar-refractivity contribution in [2.75, 3.05) is 12.4 Å². The number of ether oxygens (including phenoxy) is 1. The zero-order valence-corrected chi connectivity index (χ0v) is 11.4. The van der Waals surface area contributed by atoms with Crippen molar-refractivity contribution in [2.24, 2.45) is 7.05 Å². The van der Waals surface area contributed by atoms with Crippen LogP contribution < -0.4 is 10.1 Å². The number of methoxy groups -OCH3 is 1. The predicted octanol–water partition coefficient (Wildman–Crippen LogP) is 2.05. The predicted molar refractivity (Wildman–Crippen MR) is 74.5 cm³/mol. The van der Waals surface area contributed by atoms with Crippen LogP contribution in [-0.2, 0) is 13.6 Å². The number of aromatic nitrogens is 4. The number of benzene rings is 1. The van der Waals surface area contributed by atoms with E-state index in [1.165, 1.54) is 0 Å². The van der Waals surface area contributed by atoms with E-state index in [9.17, 15) is 0 Å². The fraction of sp³-hybridized carbons (Fsp3) is 0.250. The molecule has 0 aliphatic rings. The Morgan fingerprint density at radius 1 is 1.42 bits per heavy atom. The SMILES string of the molecule is COc1ccc2nc(NCc3nncn3C)sc2c1. The van der Waals surface area contributed by atoms with Gasteiger partial charge < -0.3 is 14.6 Å². The Labute approximate surface area is 114 Å². The molecule has 0 atom stereocenters. The zero-order valence-electron chi connectivity index (χ0n) is 10.6. The Kier molecular flexibility index (Phi) is 3.04. The molecular formula is C12H13N5OS. The summed E-state index contributed by atoms with van der Waals surface area (Å²) in [6, 6.07) is 5.85. The summed E-state index contributed by atoms with van der Waals surface area (Å²) < 4.78 is 8.18. The lowest BCUT2D eigenvalue weighted by atomic mass is 10.3. The van der Waals surface area contributed by atoms with Gasteiger partial charge in [0.15, 0.2) is 11.0 Å². The van der Waals surface area contributed by atoms with Crippen molar-refractivity contribution in [3.05, 3.63) is 30.4 Å². The van der Waals surface area contributed by atoms with Crippen molar-refractivity contribution in [1.82, 2.24) is 19.7 Å². The van der Waals surface area contributed by atoms with E-state index in [2.05, 4.69) is 20.5 Å². The van der Waals surface area contributed by atoms with Crippen LogP contribution in [0.2, 0.25) is 0 Å². The van der Waals surface area contributed by atoms with Crippen LogP contribution in [0.5, 0.6) is 5.75 Å². The molecule has 0 unspecified atom stereocenters. The second-order valence-electron chi connectivity index (χ2n) is 4.06. The maximum absolute atomic E-state index is 5.20. The first-order valence-electron chi connectivity index (χ1n) is 5.77. The lowest BCUT2D eigenvalue weighted by Crippen LogP contribution is -2.05. The normalized spacial score (nSPS) is 10.8. The molecule has 0 fully saturated rings. The van der Waals surface area contributed by atoms with E-state index in [-0.39, 0.29) is 0 Å². The van der Waals surface area contributed by atoms with Crippen molar-refractivity contribution < 1.29 is 4.74 Å². The van der Waals surface area contributed by atoms with Gasteiger partial charge in [-0.1, -0.05) is 11.3 Å². The molecule has 0 bridgehead atoms. The van der Waals surface area contributed by atoms with Crippen LogP contribution in [0.1, 0.15) is 5.82 Å². The van der Waals surface area contributed by atoms with E-state index < -0.39 is 0 Å². The van der Waals surface area contributed by atoms with Crippen molar-refractivity contribution in [1.29, 1.82) is 0 Å². The summed E-state index contributed by atoms with van der Waals surface area (Å²) in [5, 5.41) is 12.0. The Morgan fingerprint density at radius 3 is 3.05 bits per heavy atom. The minimum absolute atomic E-state index is 0.605. The molecule has 3 aromatic rings. The van der Waals surface area contributed by atoms with Crippen LogP contribution in [0.3, 0.4) is 0 Å². The summed E-state index contributed by atoms with van der Waals surface area (Å²) in [6.07, 6.45) is 1.68. The first-order chi connectivity index (χ1) is 9.26. The fourth-order valence-corrected chi connectivity index (χ4v) is 2.62. The van der Waals surface area contributed by atoms with Crippen molar-refractivity contribution >= 4 is 26.7 Å². The summed E-state index contributed by atoms with van der Waals surface area (Å²) in [4.78, 5) is 4.51. The van der Waals surface area contributed by atoms with E-state index >= 15 is 0 Å². The van der Waals surface area contributed by atoms with Gasteiger partial charge in [-0.25, -0.2) is 4.98 Å².